The first kappa shape index (κ1) is 12.6. The first-order valence-corrected chi connectivity index (χ1v) is 7.44. The molecule has 2 heteroatoms. The predicted molar refractivity (Wildman–Crippen MR) is 80.2 cm³/mol. The van der Waals surface area contributed by atoms with Gasteiger partial charge in [-0.1, -0.05) is 31.9 Å². The third kappa shape index (κ3) is 2.37. The van der Waals surface area contributed by atoms with Crippen LogP contribution in [0.4, 0.5) is 0 Å². The number of pyridine rings is 1. The van der Waals surface area contributed by atoms with Crippen LogP contribution in [0.15, 0.2) is 36.5 Å². The number of aromatic nitrogens is 1. The lowest BCUT2D eigenvalue weighted by molar-refractivity contribution is 0.313. The molecule has 2 aromatic rings. The molecular formula is C17H22N2. The SMILES string of the molecule is CCC1(c2ccc3ncccc3c2)CCCCCN1. The molecule has 1 aliphatic rings. The maximum absolute atomic E-state index is 4.41. The van der Waals surface area contributed by atoms with E-state index in [1.165, 1.54) is 36.6 Å². The van der Waals surface area contributed by atoms with Crippen LogP contribution in [-0.2, 0) is 5.54 Å². The molecule has 1 aromatic carbocycles. The van der Waals surface area contributed by atoms with E-state index >= 15 is 0 Å². The summed E-state index contributed by atoms with van der Waals surface area (Å²) in [5, 5.41) is 5.05. The average molecular weight is 254 g/mol. The molecule has 0 amide bonds. The van der Waals surface area contributed by atoms with Gasteiger partial charge in [-0.25, -0.2) is 0 Å². The maximum Gasteiger partial charge on any atom is 0.0702 e. The summed E-state index contributed by atoms with van der Waals surface area (Å²) in [4.78, 5) is 4.41. The van der Waals surface area contributed by atoms with Crippen molar-refractivity contribution in [2.75, 3.05) is 6.54 Å². The number of hydrogen-bond acceptors (Lipinski definition) is 2. The molecule has 2 nitrogen and oxygen atoms in total. The highest BCUT2D eigenvalue weighted by Gasteiger charge is 2.30. The highest BCUT2D eigenvalue weighted by molar-refractivity contribution is 5.79. The standard InChI is InChI=1S/C17H22N2/c1-2-17(10-4-3-5-12-19-17)15-8-9-16-14(13-15)7-6-11-18-16/h6-9,11,13,19H,2-5,10,12H2,1H3. The van der Waals surface area contributed by atoms with Crippen LogP contribution in [0.5, 0.6) is 0 Å². The van der Waals surface area contributed by atoms with Gasteiger partial charge in [-0.15, -0.1) is 0 Å². The van der Waals surface area contributed by atoms with Crippen molar-refractivity contribution in [1.82, 2.24) is 10.3 Å². The zero-order chi connectivity index (χ0) is 13.1. The monoisotopic (exact) mass is 254 g/mol. The number of nitrogens with zero attached hydrogens (tertiary/aromatic N) is 1. The molecule has 1 aromatic heterocycles. The number of nitrogens with one attached hydrogen (secondary N) is 1. The smallest absolute Gasteiger partial charge is 0.0702 e. The van der Waals surface area contributed by atoms with Crippen molar-refractivity contribution in [3.05, 3.63) is 42.1 Å². The summed E-state index contributed by atoms with van der Waals surface area (Å²) < 4.78 is 0. The van der Waals surface area contributed by atoms with Gasteiger partial charge in [-0.2, -0.15) is 0 Å². The fourth-order valence-electron chi connectivity index (χ4n) is 3.27. The van der Waals surface area contributed by atoms with Crippen molar-refractivity contribution in [2.45, 2.75) is 44.6 Å². The summed E-state index contributed by atoms with van der Waals surface area (Å²) >= 11 is 0. The molecule has 19 heavy (non-hydrogen) atoms. The van der Waals surface area contributed by atoms with Gasteiger partial charge >= 0.3 is 0 Å². The van der Waals surface area contributed by atoms with Gasteiger partial charge in [-0.3, -0.25) is 4.98 Å². The largest absolute Gasteiger partial charge is 0.307 e. The minimum atomic E-state index is 0.167. The highest BCUT2D eigenvalue weighted by Crippen LogP contribution is 2.34. The molecule has 1 saturated heterocycles. The Morgan fingerprint density at radius 1 is 1.21 bits per heavy atom. The van der Waals surface area contributed by atoms with Crippen molar-refractivity contribution in [3.63, 3.8) is 0 Å². The van der Waals surface area contributed by atoms with Crippen LogP contribution in [0.1, 0.15) is 44.6 Å². The Labute approximate surface area is 115 Å². The molecule has 3 rings (SSSR count). The fourth-order valence-corrected chi connectivity index (χ4v) is 3.27. The van der Waals surface area contributed by atoms with Gasteiger partial charge in [0.15, 0.2) is 0 Å². The summed E-state index contributed by atoms with van der Waals surface area (Å²) in [6, 6.07) is 10.9. The molecular weight excluding hydrogens is 232 g/mol. The Morgan fingerprint density at radius 3 is 3.05 bits per heavy atom. The third-order valence-electron chi connectivity index (χ3n) is 4.50. The zero-order valence-electron chi connectivity index (χ0n) is 11.7. The van der Waals surface area contributed by atoms with Crippen LogP contribution < -0.4 is 5.32 Å². The van der Waals surface area contributed by atoms with E-state index in [-0.39, 0.29) is 5.54 Å². The summed E-state index contributed by atoms with van der Waals surface area (Å²) in [5.41, 5.74) is 2.68. The van der Waals surface area contributed by atoms with E-state index in [0.717, 1.165) is 18.5 Å². The first-order valence-electron chi connectivity index (χ1n) is 7.44. The van der Waals surface area contributed by atoms with Crippen LogP contribution >= 0.6 is 0 Å². The number of hydrogen-bond donors (Lipinski definition) is 1. The molecule has 0 bridgehead atoms. The minimum Gasteiger partial charge on any atom is -0.307 e. The summed E-state index contributed by atoms with van der Waals surface area (Å²) in [7, 11) is 0. The lowest BCUT2D eigenvalue weighted by Gasteiger charge is -2.33. The quantitative estimate of drug-likeness (QED) is 0.876. The Hall–Kier alpha value is -1.41. The molecule has 1 aliphatic heterocycles. The van der Waals surface area contributed by atoms with Gasteiger partial charge < -0.3 is 5.32 Å². The number of rotatable bonds is 2. The second kappa shape index (κ2) is 5.30. The summed E-state index contributed by atoms with van der Waals surface area (Å²) in [5.74, 6) is 0. The molecule has 1 unspecified atom stereocenters. The zero-order valence-corrected chi connectivity index (χ0v) is 11.7. The first-order chi connectivity index (χ1) is 9.34. The Kier molecular flexibility index (Phi) is 3.52. The summed E-state index contributed by atoms with van der Waals surface area (Å²) in [6.07, 6.45) is 8.24. The molecule has 2 heterocycles. The van der Waals surface area contributed by atoms with Gasteiger partial charge in [0.2, 0.25) is 0 Å². The van der Waals surface area contributed by atoms with Gasteiger partial charge in [0, 0.05) is 17.1 Å². The van der Waals surface area contributed by atoms with Crippen molar-refractivity contribution < 1.29 is 0 Å². The van der Waals surface area contributed by atoms with Crippen molar-refractivity contribution in [1.29, 1.82) is 0 Å². The predicted octanol–water partition coefficient (Wildman–Crippen LogP) is 4.00. The van der Waals surface area contributed by atoms with Gasteiger partial charge in [0.25, 0.3) is 0 Å². The Balaban J connectivity index is 2.04. The third-order valence-corrected chi connectivity index (χ3v) is 4.50. The molecule has 1 fully saturated rings. The normalized spacial score (nSPS) is 24.3. The van der Waals surface area contributed by atoms with Crippen LogP contribution in [0.2, 0.25) is 0 Å². The van der Waals surface area contributed by atoms with Crippen LogP contribution in [0.25, 0.3) is 10.9 Å². The molecule has 0 radical (unpaired) electrons. The van der Waals surface area contributed by atoms with Crippen molar-refractivity contribution in [3.8, 4) is 0 Å². The van der Waals surface area contributed by atoms with E-state index in [4.69, 9.17) is 0 Å². The van der Waals surface area contributed by atoms with Crippen LogP contribution in [0, 0.1) is 0 Å². The van der Waals surface area contributed by atoms with Crippen molar-refractivity contribution >= 4 is 10.9 Å². The highest BCUT2D eigenvalue weighted by atomic mass is 15.0. The molecule has 100 valence electrons. The van der Waals surface area contributed by atoms with Gasteiger partial charge in [-0.05, 0) is 49.6 Å². The maximum atomic E-state index is 4.41. The fraction of sp³-hybridized carbons (Fsp3) is 0.471. The van der Waals surface area contributed by atoms with E-state index < -0.39 is 0 Å². The average Bonchev–Trinajstić information content (AvgIpc) is 2.73. The van der Waals surface area contributed by atoms with Gasteiger partial charge in [0.05, 0.1) is 5.52 Å². The minimum absolute atomic E-state index is 0.167. The van der Waals surface area contributed by atoms with E-state index in [1.807, 2.05) is 12.3 Å². The molecule has 0 spiro atoms. The van der Waals surface area contributed by atoms with Crippen LogP contribution in [-0.4, -0.2) is 11.5 Å². The lowest BCUT2D eigenvalue weighted by Crippen LogP contribution is -2.41. The second-order valence-corrected chi connectivity index (χ2v) is 5.58. The number of fused-ring (bicyclic) bond motifs is 1. The second-order valence-electron chi connectivity index (χ2n) is 5.58. The number of benzene rings is 1. The van der Waals surface area contributed by atoms with Crippen LogP contribution in [0.3, 0.4) is 0 Å². The molecule has 1 N–H and O–H groups in total. The van der Waals surface area contributed by atoms with Gasteiger partial charge in [0.1, 0.15) is 0 Å². The Morgan fingerprint density at radius 2 is 2.16 bits per heavy atom. The molecule has 1 atom stereocenters. The van der Waals surface area contributed by atoms with E-state index in [9.17, 15) is 0 Å². The topological polar surface area (TPSA) is 24.9 Å². The van der Waals surface area contributed by atoms with E-state index in [2.05, 4.69) is 41.5 Å². The van der Waals surface area contributed by atoms with Crippen molar-refractivity contribution in [2.24, 2.45) is 0 Å². The summed E-state index contributed by atoms with van der Waals surface area (Å²) in [6.45, 7) is 3.44. The van der Waals surface area contributed by atoms with E-state index in [1.54, 1.807) is 0 Å². The molecule has 0 saturated carbocycles. The lowest BCUT2D eigenvalue weighted by atomic mass is 9.83. The molecule has 0 aliphatic carbocycles. The Bertz CT molecular complexity index is 554. The van der Waals surface area contributed by atoms with E-state index in [0.29, 0.717) is 0 Å².